The summed E-state index contributed by atoms with van der Waals surface area (Å²) in [5.41, 5.74) is 0. The van der Waals surface area contributed by atoms with Crippen LogP contribution < -0.4 is 10.6 Å². The molecule has 2 heterocycles. The van der Waals surface area contributed by atoms with Gasteiger partial charge in [-0.05, 0) is 25.0 Å². The first-order valence-corrected chi connectivity index (χ1v) is 7.49. The highest BCUT2D eigenvalue weighted by Crippen LogP contribution is 2.11. The molecule has 2 N–H and O–H groups in total. The molecule has 1 aliphatic heterocycles. The normalized spacial score (nSPS) is 23.0. The topological polar surface area (TPSA) is 74.6 Å². The Morgan fingerprint density at radius 1 is 1.43 bits per heavy atom. The van der Waals surface area contributed by atoms with E-state index in [9.17, 15) is 9.59 Å². The van der Waals surface area contributed by atoms with Gasteiger partial charge >= 0.3 is 0 Å². The molecule has 21 heavy (non-hydrogen) atoms. The van der Waals surface area contributed by atoms with E-state index in [1.165, 1.54) is 12.3 Å². The molecule has 6 heteroatoms. The van der Waals surface area contributed by atoms with Crippen LogP contribution in [0.25, 0.3) is 0 Å². The van der Waals surface area contributed by atoms with E-state index in [0.717, 1.165) is 25.9 Å². The minimum Gasteiger partial charge on any atom is -0.459 e. The third kappa shape index (κ3) is 4.15. The Kier molecular flexibility index (Phi) is 5.52. The largest absolute Gasteiger partial charge is 0.459 e. The molecule has 1 fully saturated rings. The zero-order valence-corrected chi connectivity index (χ0v) is 12.6. The van der Waals surface area contributed by atoms with Crippen LogP contribution >= 0.6 is 0 Å². The molecule has 1 saturated heterocycles. The van der Waals surface area contributed by atoms with E-state index in [0.29, 0.717) is 12.1 Å². The zero-order valence-electron chi connectivity index (χ0n) is 12.6. The fourth-order valence-corrected chi connectivity index (χ4v) is 2.62. The van der Waals surface area contributed by atoms with Crippen LogP contribution in [0.2, 0.25) is 0 Å². The maximum Gasteiger partial charge on any atom is 0.293 e. The SMILES string of the molecule is CCC1CN(CC(=O)NC(=O)c2ccco2)C(CC)CN1. The molecule has 2 rings (SSSR count). The summed E-state index contributed by atoms with van der Waals surface area (Å²) in [7, 11) is 0. The zero-order chi connectivity index (χ0) is 15.2. The van der Waals surface area contributed by atoms with E-state index < -0.39 is 5.91 Å². The molecule has 0 radical (unpaired) electrons. The lowest BCUT2D eigenvalue weighted by molar-refractivity contribution is -0.122. The van der Waals surface area contributed by atoms with Gasteiger partial charge in [0, 0.05) is 25.2 Å². The lowest BCUT2D eigenvalue weighted by Gasteiger charge is -2.39. The standard InChI is InChI=1S/C15H23N3O3/c1-3-11-9-18(12(4-2)8-16-11)10-14(19)17-15(20)13-6-5-7-21-13/h5-7,11-12,16H,3-4,8-10H2,1-2H3,(H,17,19,20). The van der Waals surface area contributed by atoms with Crippen LogP contribution in [-0.2, 0) is 4.79 Å². The lowest BCUT2D eigenvalue weighted by atomic mass is 10.1. The van der Waals surface area contributed by atoms with Gasteiger partial charge in [-0.3, -0.25) is 19.8 Å². The molecule has 6 nitrogen and oxygen atoms in total. The van der Waals surface area contributed by atoms with Gasteiger partial charge in [-0.25, -0.2) is 0 Å². The van der Waals surface area contributed by atoms with E-state index in [-0.39, 0.29) is 18.2 Å². The second-order valence-electron chi connectivity index (χ2n) is 5.36. The van der Waals surface area contributed by atoms with Crippen molar-refractivity contribution in [3.63, 3.8) is 0 Å². The van der Waals surface area contributed by atoms with Gasteiger partial charge in [0.1, 0.15) is 0 Å². The predicted molar refractivity (Wildman–Crippen MR) is 78.9 cm³/mol. The molecule has 0 spiro atoms. The Bertz CT molecular complexity index is 473. The number of imide groups is 1. The molecule has 0 bridgehead atoms. The first-order chi connectivity index (χ1) is 10.1. The summed E-state index contributed by atoms with van der Waals surface area (Å²) in [5.74, 6) is -0.617. The molecule has 0 saturated carbocycles. The number of carbonyl (C=O) groups is 2. The van der Waals surface area contributed by atoms with Crippen molar-refractivity contribution in [2.24, 2.45) is 0 Å². The van der Waals surface area contributed by atoms with E-state index in [1.54, 1.807) is 6.07 Å². The molecule has 2 atom stereocenters. The van der Waals surface area contributed by atoms with E-state index >= 15 is 0 Å². The van der Waals surface area contributed by atoms with Crippen LogP contribution in [0.4, 0.5) is 0 Å². The van der Waals surface area contributed by atoms with Crippen molar-refractivity contribution in [3.05, 3.63) is 24.2 Å². The number of furan rings is 1. The first kappa shape index (κ1) is 15.7. The van der Waals surface area contributed by atoms with Gasteiger partial charge in [-0.15, -0.1) is 0 Å². The van der Waals surface area contributed by atoms with Gasteiger partial charge in [0.15, 0.2) is 5.76 Å². The Morgan fingerprint density at radius 2 is 2.24 bits per heavy atom. The first-order valence-electron chi connectivity index (χ1n) is 7.49. The smallest absolute Gasteiger partial charge is 0.293 e. The summed E-state index contributed by atoms with van der Waals surface area (Å²) in [6, 6.07) is 3.89. The third-order valence-electron chi connectivity index (χ3n) is 3.92. The monoisotopic (exact) mass is 293 g/mol. The molecule has 0 aromatic carbocycles. The molecular weight excluding hydrogens is 270 g/mol. The number of rotatable bonds is 5. The number of nitrogens with one attached hydrogen (secondary N) is 2. The Labute approximate surface area is 124 Å². The van der Waals surface area contributed by atoms with Gasteiger partial charge in [0.25, 0.3) is 5.91 Å². The van der Waals surface area contributed by atoms with Crippen molar-refractivity contribution in [2.45, 2.75) is 38.8 Å². The van der Waals surface area contributed by atoms with E-state index in [1.807, 2.05) is 0 Å². The van der Waals surface area contributed by atoms with E-state index in [2.05, 4.69) is 29.4 Å². The lowest BCUT2D eigenvalue weighted by Crippen LogP contribution is -2.58. The predicted octanol–water partition coefficient (Wildman–Crippen LogP) is 0.998. The van der Waals surface area contributed by atoms with Gasteiger partial charge < -0.3 is 9.73 Å². The van der Waals surface area contributed by atoms with Crippen molar-refractivity contribution in [1.29, 1.82) is 0 Å². The molecule has 1 aromatic heterocycles. The highest BCUT2D eigenvalue weighted by atomic mass is 16.3. The van der Waals surface area contributed by atoms with Crippen molar-refractivity contribution in [2.75, 3.05) is 19.6 Å². The van der Waals surface area contributed by atoms with Crippen molar-refractivity contribution in [3.8, 4) is 0 Å². The highest BCUT2D eigenvalue weighted by Gasteiger charge is 2.27. The summed E-state index contributed by atoms with van der Waals surface area (Å²) in [5, 5.41) is 5.85. The van der Waals surface area contributed by atoms with Gasteiger partial charge in [0.05, 0.1) is 12.8 Å². The van der Waals surface area contributed by atoms with Crippen molar-refractivity contribution >= 4 is 11.8 Å². The number of piperazine rings is 1. The average Bonchev–Trinajstić information content (AvgIpc) is 3.01. The second-order valence-corrected chi connectivity index (χ2v) is 5.36. The number of carbonyl (C=O) groups excluding carboxylic acids is 2. The Hall–Kier alpha value is -1.66. The summed E-state index contributed by atoms with van der Waals surface area (Å²) >= 11 is 0. The van der Waals surface area contributed by atoms with E-state index in [4.69, 9.17) is 4.42 Å². The molecular formula is C15H23N3O3. The maximum atomic E-state index is 12.0. The summed E-state index contributed by atoms with van der Waals surface area (Å²) in [4.78, 5) is 26.0. The minimum atomic E-state index is -0.486. The van der Waals surface area contributed by atoms with Crippen LogP contribution in [0, 0.1) is 0 Å². The Morgan fingerprint density at radius 3 is 2.86 bits per heavy atom. The fraction of sp³-hybridized carbons (Fsp3) is 0.600. The molecule has 1 aromatic rings. The second kappa shape index (κ2) is 7.38. The quantitative estimate of drug-likeness (QED) is 0.847. The van der Waals surface area contributed by atoms with Gasteiger partial charge in [-0.2, -0.15) is 0 Å². The molecule has 0 aliphatic carbocycles. The van der Waals surface area contributed by atoms with Crippen molar-refractivity contribution < 1.29 is 14.0 Å². The average molecular weight is 293 g/mol. The summed E-state index contributed by atoms with van der Waals surface area (Å²) < 4.78 is 4.98. The van der Waals surface area contributed by atoms with Gasteiger partial charge in [0.2, 0.25) is 5.91 Å². The Balaban J connectivity index is 1.89. The van der Waals surface area contributed by atoms with Gasteiger partial charge in [-0.1, -0.05) is 13.8 Å². The van der Waals surface area contributed by atoms with Crippen LogP contribution in [-0.4, -0.2) is 48.4 Å². The van der Waals surface area contributed by atoms with Crippen LogP contribution in [0.15, 0.2) is 22.8 Å². The fourth-order valence-electron chi connectivity index (χ4n) is 2.62. The third-order valence-corrected chi connectivity index (χ3v) is 3.92. The van der Waals surface area contributed by atoms with Crippen molar-refractivity contribution in [1.82, 2.24) is 15.5 Å². The number of nitrogens with zero attached hydrogens (tertiary/aromatic N) is 1. The number of hydrogen-bond acceptors (Lipinski definition) is 5. The molecule has 2 unspecified atom stereocenters. The van der Waals surface area contributed by atoms with Crippen LogP contribution in [0.1, 0.15) is 37.2 Å². The van der Waals surface area contributed by atoms with Crippen LogP contribution in [0.5, 0.6) is 0 Å². The number of amides is 2. The summed E-state index contributed by atoms with van der Waals surface area (Å²) in [6.07, 6.45) is 3.41. The van der Waals surface area contributed by atoms with Crippen LogP contribution in [0.3, 0.4) is 0 Å². The molecule has 1 aliphatic rings. The summed E-state index contributed by atoms with van der Waals surface area (Å²) in [6.45, 7) is 6.19. The molecule has 116 valence electrons. The maximum absolute atomic E-state index is 12.0. The highest BCUT2D eigenvalue weighted by molar-refractivity contribution is 6.03. The number of hydrogen-bond donors (Lipinski definition) is 2. The molecule has 2 amide bonds. The minimum absolute atomic E-state index is 0.155.